The van der Waals surface area contributed by atoms with E-state index in [0.29, 0.717) is 29.2 Å². The van der Waals surface area contributed by atoms with Crippen molar-refractivity contribution in [3.8, 4) is 11.6 Å². The molecular weight excluding hydrogens is 256 g/mol. The molecule has 0 aliphatic carbocycles. The molecule has 0 atom stereocenters. The minimum Gasteiger partial charge on any atom is -0.332 e. The second-order valence-corrected chi connectivity index (χ2v) is 6.21. The molecule has 5 nitrogen and oxygen atoms in total. The highest BCUT2D eigenvalue weighted by Crippen LogP contribution is 2.21. The second kappa shape index (κ2) is 5.61. The van der Waals surface area contributed by atoms with Gasteiger partial charge in [0.1, 0.15) is 10.7 Å². The van der Waals surface area contributed by atoms with Crippen molar-refractivity contribution in [3.63, 3.8) is 0 Å². The lowest BCUT2D eigenvalue weighted by Crippen LogP contribution is -1.94. The van der Waals surface area contributed by atoms with Crippen LogP contribution in [0.4, 0.5) is 0 Å². The monoisotopic (exact) mass is 270 g/mol. The molecule has 0 amide bonds. The molecule has 0 saturated carbocycles. The van der Waals surface area contributed by atoms with Crippen LogP contribution in [0.3, 0.4) is 0 Å². The molecule has 92 valence electrons. The maximum atomic E-state index is 5.51. The van der Waals surface area contributed by atoms with Crippen LogP contribution in [0.1, 0.15) is 24.7 Å². The summed E-state index contributed by atoms with van der Waals surface area (Å²) in [5, 5.41) is 7.24. The maximum Gasteiger partial charge on any atom is 0.277 e. The normalized spacial score (nSPS) is 11.3. The lowest BCUT2D eigenvalue weighted by atomic mass is 10.5. The molecule has 2 aromatic rings. The molecule has 0 fully saturated rings. The Hall–Kier alpha value is -0.920. The van der Waals surface area contributed by atoms with Crippen molar-refractivity contribution >= 4 is 23.1 Å². The molecule has 2 aromatic heterocycles. The third-order valence-corrected chi connectivity index (χ3v) is 3.92. The molecule has 0 bridgehead atoms. The van der Waals surface area contributed by atoms with Gasteiger partial charge in [-0.3, -0.25) is 0 Å². The molecule has 0 aliphatic rings. The first-order chi connectivity index (χ1) is 8.19. The summed E-state index contributed by atoms with van der Waals surface area (Å²) in [5.74, 6) is 1.94. The van der Waals surface area contributed by atoms with Crippen LogP contribution in [0.5, 0.6) is 0 Å². The van der Waals surface area contributed by atoms with Crippen molar-refractivity contribution in [1.82, 2.24) is 15.1 Å². The Bertz CT molecular complexity index is 480. The van der Waals surface area contributed by atoms with Gasteiger partial charge < -0.3 is 10.3 Å². The maximum absolute atomic E-state index is 5.51. The Morgan fingerprint density at radius 2 is 2.29 bits per heavy atom. The van der Waals surface area contributed by atoms with E-state index in [4.69, 9.17) is 10.3 Å². The molecule has 17 heavy (non-hydrogen) atoms. The fourth-order valence-corrected chi connectivity index (χ4v) is 2.41. The lowest BCUT2D eigenvalue weighted by molar-refractivity contribution is 0.424. The molecule has 7 heteroatoms. The molecular formula is C10H14N4OS2. The van der Waals surface area contributed by atoms with Crippen LogP contribution in [-0.4, -0.2) is 20.4 Å². The van der Waals surface area contributed by atoms with Crippen LogP contribution < -0.4 is 5.73 Å². The van der Waals surface area contributed by atoms with Gasteiger partial charge in [-0.1, -0.05) is 19.0 Å². The smallest absolute Gasteiger partial charge is 0.277 e. The number of hydrogen-bond acceptors (Lipinski definition) is 7. The number of aromatic nitrogens is 3. The highest BCUT2D eigenvalue weighted by atomic mass is 32.2. The topological polar surface area (TPSA) is 77.8 Å². The van der Waals surface area contributed by atoms with Gasteiger partial charge in [-0.2, -0.15) is 16.7 Å². The fraction of sp³-hybridized carbons (Fsp3) is 0.500. The highest BCUT2D eigenvalue weighted by molar-refractivity contribution is 7.99. The van der Waals surface area contributed by atoms with Crippen molar-refractivity contribution < 1.29 is 4.52 Å². The Balaban J connectivity index is 2.07. The van der Waals surface area contributed by atoms with Gasteiger partial charge in [-0.05, 0) is 5.25 Å². The summed E-state index contributed by atoms with van der Waals surface area (Å²) in [6, 6.07) is 0. The van der Waals surface area contributed by atoms with Gasteiger partial charge in [0.15, 0.2) is 5.82 Å². The molecule has 2 heterocycles. The van der Waals surface area contributed by atoms with Crippen LogP contribution in [-0.2, 0) is 12.3 Å². The third kappa shape index (κ3) is 3.27. The van der Waals surface area contributed by atoms with Crippen molar-refractivity contribution in [2.75, 3.05) is 0 Å². The van der Waals surface area contributed by atoms with Gasteiger partial charge >= 0.3 is 0 Å². The first kappa shape index (κ1) is 12.5. The summed E-state index contributed by atoms with van der Waals surface area (Å²) < 4.78 is 5.17. The Morgan fingerprint density at radius 1 is 1.47 bits per heavy atom. The zero-order chi connectivity index (χ0) is 12.3. The first-order valence-corrected chi connectivity index (χ1v) is 7.21. The molecule has 0 spiro atoms. The van der Waals surface area contributed by atoms with E-state index in [9.17, 15) is 0 Å². The van der Waals surface area contributed by atoms with Crippen molar-refractivity contribution in [1.29, 1.82) is 0 Å². The molecule has 2 rings (SSSR count). The Kier molecular flexibility index (Phi) is 4.14. The molecule has 0 unspecified atom stereocenters. The number of rotatable bonds is 5. The number of thioether (sulfide) groups is 1. The third-order valence-electron chi connectivity index (χ3n) is 1.96. The number of hydrogen-bond donors (Lipinski definition) is 1. The van der Waals surface area contributed by atoms with Crippen molar-refractivity contribution in [3.05, 3.63) is 16.2 Å². The molecule has 0 aliphatic heterocycles. The average Bonchev–Trinajstić information content (AvgIpc) is 2.94. The Labute approximate surface area is 108 Å². The number of nitrogens with two attached hydrogens (primary N) is 1. The van der Waals surface area contributed by atoms with Gasteiger partial charge in [0.25, 0.3) is 5.89 Å². The molecule has 0 saturated heterocycles. The van der Waals surface area contributed by atoms with Gasteiger partial charge in [-0.25, -0.2) is 4.98 Å². The van der Waals surface area contributed by atoms with E-state index in [1.807, 2.05) is 5.38 Å². The summed E-state index contributed by atoms with van der Waals surface area (Å²) in [4.78, 5) is 8.60. The highest BCUT2D eigenvalue weighted by Gasteiger charge is 2.12. The van der Waals surface area contributed by atoms with Gasteiger partial charge in [0.2, 0.25) is 0 Å². The largest absolute Gasteiger partial charge is 0.332 e. The zero-order valence-electron chi connectivity index (χ0n) is 9.71. The van der Waals surface area contributed by atoms with Crippen LogP contribution in [0, 0.1) is 0 Å². The van der Waals surface area contributed by atoms with E-state index in [2.05, 4.69) is 29.0 Å². The van der Waals surface area contributed by atoms with E-state index < -0.39 is 0 Å². The lowest BCUT2D eigenvalue weighted by Gasteiger charge is -1.98. The summed E-state index contributed by atoms with van der Waals surface area (Å²) in [5.41, 5.74) is 6.22. The summed E-state index contributed by atoms with van der Waals surface area (Å²) in [6.07, 6.45) is 0. The van der Waals surface area contributed by atoms with Gasteiger partial charge in [-0.15, -0.1) is 11.3 Å². The molecule has 0 radical (unpaired) electrons. The van der Waals surface area contributed by atoms with E-state index in [0.717, 1.165) is 10.8 Å². The van der Waals surface area contributed by atoms with Crippen LogP contribution in [0.2, 0.25) is 0 Å². The summed E-state index contributed by atoms with van der Waals surface area (Å²) in [7, 11) is 0. The predicted octanol–water partition coefficient (Wildman–Crippen LogP) is 2.29. The van der Waals surface area contributed by atoms with Crippen LogP contribution in [0.15, 0.2) is 9.90 Å². The number of nitrogens with zero attached hydrogens (tertiary/aromatic N) is 3. The number of thiazole rings is 1. The average molecular weight is 270 g/mol. The van der Waals surface area contributed by atoms with Crippen LogP contribution in [0.25, 0.3) is 11.6 Å². The second-order valence-electron chi connectivity index (χ2n) is 3.71. The van der Waals surface area contributed by atoms with Crippen molar-refractivity contribution in [2.45, 2.75) is 31.4 Å². The van der Waals surface area contributed by atoms with Crippen LogP contribution >= 0.6 is 23.1 Å². The summed E-state index contributed by atoms with van der Waals surface area (Å²) >= 11 is 3.28. The van der Waals surface area contributed by atoms with E-state index >= 15 is 0 Å². The fourth-order valence-electron chi connectivity index (χ4n) is 1.16. The SMILES string of the molecule is CC(C)SCc1noc(-c2csc(CN)n2)n1. The quantitative estimate of drug-likeness (QED) is 0.898. The predicted molar refractivity (Wildman–Crippen MR) is 69.7 cm³/mol. The van der Waals surface area contributed by atoms with Gasteiger partial charge in [0, 0.05) is 11.9 Å². The minimum absolute atomic E-state index is 0.439. The van der Waals surface area contributed by atoms with E-state index in [1.165, 1.54) is 11.3 Å². The first-order valence-electron chi connectivity index (χ1n) is 5.28. The molecule has 0 aromatic carbocycles. The summed E-state index contributed by atoms with van der Waals surface area (Å²) in [6.45, 7) is 4.72. The van der Waals surface area contributed by atoms with Crippen molar-refractivity contribution in [2.24, 2.45) is 5.73 Å². The zero-order valence-corrected chi connectivity index (χ0v) is 11.3. The standard InChI is InChI=1S/C10H14N4OS2/c1-6(2)16-5-8-13-10(15-14-8)7-4-17-9(3-11)12-7/h4,6H,3,5,11H2,1-2H3. The van der Waals surface area contributed by atoms with E-state index in [1.54, 1.807) is 11.8 Å². The minimum atomic E-state index is 0.439. The van der Waals surface area contributed by atoms with Gasteiger partial charge in [0.05, 0.1) is 5.75 Å². The molecule has 2 N–H and O–H groups in total. The van der Waals surface area contributed by atoms with E-state index in [-0.39, 0.29) is 0 Å². The Morgan fingerprint density at radius 3 is 2.94 bits per heavy atom.